The van der Waals surface area contributed by atoms with Crippen LogP contribution >= 0.6 is 42.5 Å². The lowest BCUT2D eigenvalue weighted by atomic mass is 10.2. The lowest BCUT2D eigenvalue weighted by Gasteiger charge is -2.06. The Hall–Kier alpha value is -0.570. The minimum Gasteiger partial charge on any atom is -0.396 e. The number of nitrogens with one attached hydrogen (secondary N) is 1. The van der Waals surface area contributed by atoms with E-state index < -0.39 is 19.1 Å². The molecule has 2 aromatic rings. The standard InChI is InChI=1S/C12H18BrNO3S.C6H4BrClO2S.C6H15NO/c13-11-6-5-7-12(10-11)18(16,17)14-8-3-1-2-4-9-15;7-5-2-1-3-6(4-5)11(8,9)10;7-5-3-1-2-4-6-8/h5-7,10,14-15H,1-4,8-9H2;1-4H;8H,1-7H2. The van der Waals surface area contributed by atoms with Gasteiger partial charge in [0.2, 0.25) is 10.0 Å². The summed E-state index contributed by atoms with van der Waals surface area (Å²) in [6.45, 7) is 1.74. The molecule has 2 rings (SSSR count). The smallest absolute Gasteiger partial charge is 0.261 e. The van der Waals surface area contributed by atoms with Crippen LogP contribution in [-0.4, -0.2) is 53.4 Å². The Morgan fingerprint density at radius 3 is 1.62 bits per heavy atom. The fourth-order valence-electron chi connectivity index (χ4n) is 2.74. The molecule has 0 amide bonds. The van der Waals surface area contributed by atoms with Crippen LogP contribution in [0.4, 0.5) is 0 Å². The molecule has 37 heavy (non-hydrogen) atoms. The van der Waals surface area contributed by atoms with Gasteiger partial charge >= 0.3 is 0 Å². The Kier molecular flexibility index (Phi) is 20.9. The zero-order chi connectivity index (χ0) is 28.2. The number of unbranched alkanes of at least 4 members (excludes halogenated alkanes) is 6. The lowest BCUT2D eigenvalue weighted by Crippen LogP contribution is -2.24. The maximum absolute atomic E-state index is 11.9. The van der Waals surface area contributed by atoms with Gasteiger partial charge in [0.25, 0.3) is 9.05 Å². The molecule has 0 atom stereocenters. The van der Waals surface area contributed by atoms with E-state index >= 15 is 0 Å². The molecule has 0 bridgehead atoms. The minimum atomic E-state index is -3.58. The Labute approximate surface area is 242 Å². The summed E-state index contributed by atoms with van der Waals surface area (Å²) in [5, 5.41) is 16.9. The summed E-state index contributed by atoms with van der Waals surface area (Å²) < 4.78 is 49.3. The van der Waals surface area contributed by atoms with Crippen LogP contribution in [0.15, 0.2) is 67.3 Å². The van der Waals surface area contributed by atoms with Gasteiger partial charge in [-0.1, -0.05) is 69.7 Å². The summed E-state index contributed by atoms with van der Waals surface area (Å²) in [5.74, 6) is 0. The van der Waals surface area contributed by atoms with E-state index in [1.807, 2.05) is 0 Å². The molecule has 2 aromatic carbocycles. The molecule has 8 nitrogen and oxygen atoms in total. The van der Waals surface area contributed by atoms with Crippen LogP contribution in [0.1, 0.15) is 51.4 Å². The molecule has 0 saturated heterocycles. The molecule has 0 aliphatic rings. The second-order valence-electron chi connectivity index (χ2n) is 7.81. The highest BCUT2D eigenvalue weighted by atomic mass is 79.9. The van der Waals surface area contributed by atoms with Gasteiger partial charge in [0.1, 0.15) is 0 Å². The van der Waals surface area contributed by atoms with Crippen LogP contribution in [0.5, 0.6) is 0 Å². The highest BCUT2D eigenvalue weighted by Crippen LogP contribution is 2.19. The van der Waals surface area contributed by atoms with Crippen LogP contribution < -0.4 is 10.5 Å². The van der Waals surface area contributed by atoms with E-state index in [1.165, 1.54) is 12.1 Å². The number of aliphatic hydroxyl groups excluding tert-OH is 2. The van der Waals surface area contributed by atoms with E-state index in [-0.39, 0.29) is 16.4 Å². The van der Waals surface area contributed by atoms with Crippen LogP contribution in [0, 0.1) is 0 Å². The van der Waals surface area contributed by atoms with E-state index in [0.717, 1.165) is 62.4 Å². The van der Waals surface area contributed by atoms with Crippen molar-refractivity contribution in [1.29, 1.82) is 0 Å². The maximum Gasteiger partial charge on any atom is 0.261 e. The van der Waals surface area contributed by atoms with Gasteiger partial charge in [-0.05, 0) is 68.6 Å². The first-order chi connectivity index (χ1) is 17.5. The largest absolute Gasteiger partial charge is 0.396 e. The zero-order valence-corrected chi connectivity index (χ0v) is 26.2. The third-order valence-corrected chi connectivity index (χ3v) is 8.47. The topological polar surface area (TPSA) is 147 Å². The average Bonchev–Trinajstić information content (AvgIpc) is 2.84. The highest BCUT2D eigenvalue weighted by molar-refractivity contribution is 9.10. The van der Waals surface area contributed by atoms with Crippen molar-refractivity contribution in [2.24, 2.45) is 5.73 Å². The lowest BCUT2D eigenvalue weighted by molar-refractivity contribution is 0.282. The van der Waals surface area contributed by atoms with Crippen LogP contribution in [0.25, 0.3) is 0 Å². The van der Waals surface area contributed by atoms with Crippen molar-refractivity contribution in [3.05, 3.63) is 57.5 Å². The van der Waals surface area contributed by atoms with Crippen molar-refractivity contribution in [2.75, 3.05) is 26.3 Å². The predicted octanol–water partition coefficient (Wildman–Crippen LogP) is 5.15. The zero-order valence-electron chi connectivity index (χ0n) is 20.7. The Morgan fingerprint density at radius 1 is 0.730 bits per heavy atom. The monoisotopic (exact) mass is 706 g/mol. The summed E-state index contributed by atoms with van der Waals surface area (Å²) in [6, 6.07) is 12.8. The van der Waals surface area contributed by atoms with Crippen molar-refractivity contribution in [1.82, 2.24) is 4.72 Å². The van der Waals surface area contributed by atoms with Gasteiger partial charge in [-0.15, -0.1) is 0 Å². The van der Waals surface area contributed by atoms with Crippen molar-refractivity contribution >= 4 is 61.6 Å². The van der Waals surface area contributed by atoms with Crippen LogP contribution in [-0.2, 0) is 19.1 Å². The molecule has 0 saturated carbocycles. The van der Waals surface area contributed by atoms with Crippen molar-refractivity contribution in [3.63, 3.8) is 0 Å². The van der Waals surface area contributed by atoms with Crippen molar-refractivity contribution in [2.45, 2.75) is 61.2 Å². The molecule has 0 aliphatic carbocycles. The number of aliphatic hydroxyl groups is 2. The quantitative estimate of drug-likeness (QED) is 0.157. The number of nitrogens with two attached hydrogens (primary N) is 1. The second kappa shape index (κ2) is 21.3. The highest BCUT2D eigenvalue weighted by Gasteiger charge is 2.13. The number of benzene rings is 2. The molecule has 0 fully saturated rings. The number of sulfonamides is 1. The molecule has 13 heteroatoms. The Morgan fingerprint density at radius 2 is 1.19 bits per heavy atom. The van der Waals surface area contributed by atoms with Gasteiger partial charge in [-0.25, -0.2) is 21.6 Å². The third kappa shape index (κ3) is 19.2. The molecule has 0 unspecified atom stereocenters. The first-order valence-corrected chi connectivity index (χ1v) is 17.2. The van der Waals surface area contributed by atoms with Gasteiger partial charge in [0, 0.05) is 39.4 Å². The summed E-state index contributed by atoms with van der Waals surface area (Å²) in [5.41, 5.74) is 5.25. The summed E-state index contributed by atoms with van der Waals surface area (Å²) in [4.78, 5) is 0.376. The van der Waals surface area contributed by atoms with Crippen LogP contribution in [0.2, 0.25) is 0 Å². The number of rotatable bonds is 14. The number of halogens is 3. The van der Waals surface area contributed by atoms with E-state index in [2.05, 4.69) is 36.6 Å². The number of hydrogen-bond donors (Lipinski definition) is 4. The molecule has 5 N–H and O–H groups in total. The van der Waals surface area contributed by atoms with Crippen molar-refractivity contribution < 1.29 is 27.0 Å². The maximum atomic E-state index is 11.9. The summed E-state index contributed by atoms with van der Waals surface area (Å²) in [6.07, 6.45) is 7.72. The van der Waals surface area contributed by atoms with Gasteiger partial charge in [0.05, 0.1) is 9.79 Å². The SMILES string of the molecule is NCCCCCCO.O=S(=O)(Cl)c1cccc(Br)c1.O=S(=O)(NCCCCCCO)c1cccc(Br)c1. The van der Waals surface area contributed by atoms with Crippen molar-refractivity contribution in [3.8, 4) is 0 Å². The predicted molar refractivity (Wildman–Crippen MR) is 157 cm³/mol. The average molecular weight is 709 g/mol. The molecule has 0 aromatic heterocycles. The normalized spacial score (nSPS) is 11.2. The fourth-order valence-corrected chi connectivity index (χ4v) is 5.76. The minimum absolute atomic E-state index is 0.105. The Balaban J connectivity index is 0.000000580. The van der Waals surface area contributed by atoms with Gasteiger partial charge in [-0.2, -0.15) is 0 Å². The third-order valence-electron chi connectivity index (χ3n) is 4.67. The van der Waals surface area contributed by atoms with E-state index in [0.29, 0.717) is 17.6 Å². The van der Waals surface area contributed by atoms with Gasteiger partial charge < -0.3 is 15.9 Å². The second-order valence-corrected chi connectivity index (χ2v) is 14.0. The summed E-state index contributed by atoms with van der Waals surface area (Å²) >= 11 is 6.38. The molecule has 212 valence electrons. The molecule has 0 radical (unpaired) electrons. The molecule has 0 aliphatic heterocycles. The molecular formula is C24H37Br2ClN2O6S2. The number of hydrogen-bond acceptors (Lipinski definition) is 7. The first-order valence-electron chi connectivity index (χ1n) is 11.8. The molecular weight excluding hydrogens is 672 g/mol. The molecule has 0 spiro atoms. The van der Waals surface area contributed by atoms with Crippen LogP contribution in [0.3, 0.4) is 0 Å². The van der Waals surface area contributed by atoms with E-state index in [9.17, 15) is 16.8 Å². The summed E-state index contributed by atoms with van der Waals surface area (Å²) in [7, 11) is -1.91. The molecule has 0 heterocycles. The Bertz CT molecular complexity index is 1080. The van der Waals surface area contributed by atoms with E-state index in [1.54, 1.807) is 36.4 Å². The fraction of sp³-hybridized carbons (Fsp3) is 0.500. The first kappa shape index (κ1) is 36.4. The van der Waals surface area contributed by atoms with Gasteiger partial charge in [-0.3, -0.25) is 0 Å². The van der Waals surface area contributed by atoms with E-state index in [4.69, 9.17) is 26.6 Å². The van der Waals surface area contributed by atoms with Gasteiger partial charge in [0.15, 0.2) is 0 Å².